The molecule has 0 saturated carbocycles. The lowest BCUT2D eigenvalue weighted by molar-refractivity contribution is 0.560. The molecule has 0 saturated heterocycles. The Hall–Kier alpha value is -3.04. The first kappa shape index (κ1) is 16.8. The fourth-order valence-corrected chi connectivity index (χ4v) is 2.62. The monoisotopic (exact) mass is 335 g/mol. The Kier molecular flexibility index (Phi) is 5.50. The van der Waals surface area contributed by atoms with Gasteiger partial charge >= 0.3 is 0 Å². The third-order valence-electron chi connectivity index (χ3n) is 4.10. The number of aromatic nitrogens is 2. The van der Waals surface area contributed by atoms with Gasteiger partial charge in [0.1, 0.15) is 0 Å². The van der Waals surface area contributed by atoms with Crippen LogP contribution in [-0.2, 0) is 20.1 Å². The predicted molar refractivity (Wildman–Crippen MR) is 95.8 cm³/mol. The van der Waals surface area contributed by atoms with Crippen molar-refractivity contribution in [3.05, 3.63) is 72.2 Å². The van der Waals surface area contributed by atoms with Crippen LogP contribution in [0.2, 0.25) is 0 Å². The zero-order valence-corrected chi connectivity index (χ0v) is 14.2. The molecule has 1 aromatic carbocycles. The molecule has 0 unspecified atom stereocenters. The summed E-state index contributed by atoms with van der Waals surface area (Å²) in [5, 5.41) is 12.4. The first-order valence-corrected chi connectivity index (χ1v) is 8.18. The van der Waals surface area contributed by atoms with E-state index >= 15 is 0 Å². The van der Waals surface area contributed by atoms with Crippen LogP contribution < -0.4 is 10.2 Å². The van der Waals surface area contributed by atoms with E-state index in [1.165, 1.54) is 0 Å². The molecule has 6 nitrogen and oxygen atoms in total. The molecule has 0 bridgehead atoms. The first-order chi connectivity index (χ1) is 12.3. The lowest BCUT2D eigenvalue weighted by Crippen LogP contribution is -2.32. The van der Waals surface area contributed by atoms with E-state index in [9.17, 15) is 0 Å². The molecule has 0 spiro atoms. The number of benzene rings is 1. The van der Waals surface area contributed by atoms with E-state index < -0.39 is 0 Å². The van der Waals surface area contributed by atoms with Gasteiger partial charge in [0.2, 0.25) is 0 Å². The molecule has 0 aliphatic rings. The molecule has 25 heavy (non-hydrogen) atoms. The number of anilines is 1. The average molecular weight is 335 g/mol. The summed E-state index contributed by atoms with van der Waals surface area (Å²) in [7, 11) is 2.00. The standard InChI is InChI=1S/C19H21N5O/c1-23-15-22-12-19(23)13-24(18-4-2-16(10-20)3-5-18)8-7-21-11-17-6-9-25-14-17/h2-6,9,12,14-15,21H,7-8,11,13H2,1H3. The summed E-state index contributed by atoms with van der Waals surface area (Å²) in [6, 6.07) is 11.8. The van der Waals surface area contributed by atoms with Gasteiger partial charge in [0.25, 0.3) is 0 Å². The Labute approximate surface area is 147 Å². The van der Waals surface area contributed by atoms with Crippen molar-refractivity contribution in [2.24, 2.45) is 7.05 Å². The molecule has 0 atom stereocenters. The van der Waals surface area contributed by atoms with Crippen LogP contribution in [0.25, 0.3) is 0 Å². The number of furan rings is 1. The Morgan fingerprint density at radius 2 is 2.12 bits per heavy atom. The van der Waals surface area contributed by atoms with Crippen LogP contribution >= 0.6 is 0 Å². The van der Waals surface area contributed by atoms with E-state index in [0.717, 1.165) is 43.1 Å². The maximum absolute atomic E-state index is 8.98. The highest BCUT2D eigenvalue weighted by molar-refractivity contribution is 5.50. The number of nitrogens with one attached hydrogen (secondary N) is 1. The van der Waals surface area contributed by atoms with Crippen LogP contribution in [0.4, 0.5) is 5.69 Å². The fraction of sp³-hybridized carbons (Fsp3) is 0.263. The molecular weight excluding hydrogens is 314 g/mol. The van der Waals surface area contributed by atoms with Crippen molar-refractivity contribution in [1.82, 2.24) is 14.9 Å². The van der Waals surface area contributed by atoms with Crippen LogP contribution in [0.15, 0.2) is 59.8 Å². The fourth-order valence-electron chi connectivity index (χ4n) is 2.62. The van der Waals surface area contributed by atoms with Gasteiger partial charge in [0, 0.05) is 44.1 Å². The maximum Gasteiger partial charge on any atom is 0.0991 e. The van der Waals surface area contributed by atoms with Gasteiger partial charge in [-0.05, 0) is 30.3 Å². The lowest BCUT2D eigenvalue weighted by atomic mass is 10.2. The zero-order chi connectivity index (χ0) is 17.5. The van der Waals surface area contributed by atoms with E-state index in [2.05, 4.69) is 21.3 Å². The van der Waals surface area contributed by atoms with Crippen LogP contribution in [0.1, 0.15) is 16.8 Å². The summed E-state index contributed by atoms with van der Waals surface area (Å²) in [5.74, 6) is 0. The summed E-state index contributed by atoms with van der Waals surface area (Å²) in [6.07, 6.45) is 7.13. The molecule has 128 valence electrons. The summed E-state index contributed by atoms with van der Waals surface area (Å²) in [4.78, 5) is 6.47. The van der Waals surface area contributed by atoms with Gasteiger partial charge in [-0.1, -0.05) is 0 Å². The highest BCUT2D eigenvalue weighted by Crippen LogP contribution is 2.17. The molecule has 6 heteroatoms. The molecular formula is C19H21N5O. The second-order valence-electron chi connectivity index (χ2n) is 5.88. The number of imidazole rings is 1. The number of rotatable bonds is 8. The Morgan fingerprint density at radius 1 is 1.28 bits per heavy atom. The van der Waals surface area contributed by atoms with E-state index in [0.29, 0.717) is 5.56 Å². The smallest absolute Gasteiger partial charge is 0.0991 e. The van der Waals surface area contributed by atoms with Crippen molar-refractivity contribution in [2.45, 2.75) is 13.1 Å². The van der Waals surface area contributed by atoms with Crippen molar-refractivity contribution < 1.29 is 4.42 Å². The van der Waals surface area contributed by atoms with Crippen LogP contribution in [-0.4, -0.2) is 22.6 Å². The van der Waals surface area contributed by atoms with Gasteiger partial charge in [-0.3, -0.25) is 0 Å². The summed E-state index contributed by atoms with van der Waals surface area (Å²) >= 11 is 0. The molecule has 0 radical (unpaired) electrons. The molecule has 2 aromatic heterocycles. The minimum Gasteiger partial charge on any atom is -0.472 e. The molecule has 0 fully saturated rings. The number of hydrogen-bond donors (Lipinski definition) is 1. The molecule has 0 aliphatic carbocycles. The van der Waals surface area contributed by atoms with Crippen molar-refractivity contribution >= 4 is 5.69 Å². The lowest BCUT2D eigenvalue weighted by Gasteiger charge is -2.25. The van der Waals surface area contributed by atoms with E-state index in [4.69, 9.17) is 9.68 Å². The van der Waals surface area contributed by atoms with E-state index in [1.54, 1.807) is 12.5 Å². The number of hydrogen-bond acceptors (Lipinski definition) is 5. The second kappa shape index (κ2) is 8.18. The van der Waals surface area contributed by atoms with Gasteiger partial charge in [0.15, 0.2) is 0 Å². The molecule has 0 amide bonds. The average Bonchev–Trinajstić information content (AvgIpc) is 3.30. The minimum absolute atomic E-state index is 0.669. The molecule has 0 aliphatic heterocycles. The van der Waals surface area contributed by atoms with Crippen molar-refractivity contribution in [3.63, 3.8) is 0 Å². The van der Waals surface area contributed by atoms with Crippen LogP contribution in [0.5, 0.6) is 0 Å². The van der Waals surface area contributed by atoms with Crippen molar-refractivity contribution in [2.75, 3.05) is 18.0 Å². The van der Waals surface area contributed by atoms with E-state index in [1.807, 2.05) is 54.5 Å². The van der Waals surface area contributed by atoms with Gasteiger partial charge in [-0.15, -0.1) is 0 Å². The summed E-state index contributed by atoms with van der Waals surface area (Å²) < 4.78 is 7.10. The molecule has 2 heterocycles. The predicted octanol–water partition coefficient (Wildman–Crippen LogP) is 2.68. The molecule has 1 N–H and O–H groups in total. The largest absolute Gasteiger partial charge is 0.472 e. The normalized spacial score (nSPS) is 10.6. The SMILES string of the molecule is Cn1cncc1CN(CCNCc1ccoc1)c1ccc(C#N)cc1. The van der Waals surface area contributed by atoms with Gasteiger partial charge in [-0.2, -0.15) is 5.26 Å². The second-order valence-corrected chi connectivity index (χ2v) is 5.88. The van der Waals surface area contributed by atoms with Gasteiger partial charge in [0.05, 0.1) is 42.7 Å². The third kappa shape index (κ3) is 4.49. The number of nitriles is 1. The quantitative estimate of drug-likeness (QED) is 0.641. The highest BCUT2D eigenvalue weighted by atomic mass is 16.3. The molecule has 3 rings (SSSR count). The maximum atomic E-state index is 8.98. The van der Waals surface area contributed by atoms with Gasteiger partial charge in [-0.25, -0.2) is 4.98 Å². The van der Waals surface area contributed by atoms with Crippen molar-refractivity contribution in [3.8, 4) is 6.07 Å². The Balaban J connectivity index is 1.65. The molecule has 3 aromatic rings. The van der Waals surface area contributed by atoms with Crippen LogP contribution in [0, 0.1) is 11.3 Å². The summed E-state index contributed by atoms with van der Waals surface area (Å²) in [6.45, 7) is 3.22. The zero-order valence-electron chi connectivity index (χ0n) is 14.2. The third-order valence-corrected chi connectivity index (χ3v) is 4.10. The Bertz CT molecular complexity index is 814. The van der Waals surface area contributed by atoms with Crippen LogP contribution in [0.3, 0.4) is 0 Å². The Morgan fingerprint density at radius 3 is 2.76 bits per heavy atom. The number of nitrogens with zero attached hydrogens (tertiary/aromatic N) is 4. The van der Waals surface area contributed by atoms with Gasteiger partial charge < -0.3 is 19.2 Å². The highest BCUT2D eigenvalue weighted by Gasteiger charge is 2.10. The summed E-state index contributed by atoms with van der Waals surface area (Å²) in [5.41, 5.74) is 4.03. The topological polar surface area (TPSA) is 70.0 Å². The first-order valence-electron chi connectivity index (χ1n) is 8.18. The van der Waals surface area contributed by atoms with E-state index in [-0.39, 0.29) is 0 Å². The number of aryl methyl sites for hydroxylation is 1. The van der Waals surface area contributed by atoms with Crippen molar-refractivity contribution in [1.29, 1.82) is 5.26 Å². The minimum atomic E-state index is 0.669.